The molecular formula is C26H19F2N5O2. The Labute approximate surface area is 198 Å². The van der Waals surface area contributed by atoms with Crippen LogP contribution in [-0.2, 0) is 4.79 Å². The molecule has 1 aliphatic heterocycles. The fourth-order valence-corrected chi connectivity index (χ4v) is 3.77. The summed E-state index contributed by atoms with van der Waals surface area (Å²) in [5.74, 6) is -1.75. The van der Waals surface area contributed by atoms with Crippen molar-refractivity contribution in [2.75, 3.05) is 21.3 Å². The van der Waals surface area contributed by atoms with Crippen LogP contribution in [0.4, 0.5) is 42.0 Å². The summed E-state index contributed by atoms with van der Waals surface area (Å²) in [5, 5.41) is 11.1. The molecule has 0 saturated carbocycles. The molecule has 2 heterocycles. The van der Waals surface area contributed by atoms with Gasteiger partial charge < -0.3 is 26.3 Å². The van der Waals surface area contributed by atoms with Crippen LogP contribution >= 0.6 is 0 Å². The quantitative estimate of drug-likeness (QED) is 0.225. The Balaban J connectivity index is 1.28. The summed E-state index contributed by atoms with van der Waals surface area (Å²) in [6.07, 6.45) is 3.59. The van der Waals surface area contributed by atoms with Crippen molar-refractivity contribution in [3.8, 4) is 0 Å². The van der Waals surface area contributed by atoms with Crippen molar-refractivity contribution in [1.29, 1.82) is 0 Å². The number of carbonyl (C=O) groups excluding carboxylic acids is 2. The number of carbonyl (C=O) groups is 2. The van der Waals surface area contributed by atoms with Crippen LogP contribution < -0.4 is 21.3 Å². The molecule has 0 fully saturated rings. The summed E-state index contributed by atoms with van der Waals surface area (Å²) >= 11 is 0. The van der Waals surface area contributed by atoms with E-state index in [1.54, 1.807) is 30.5 Å². The molecule has 0 saturated heterocycles. The number of amides is 3. The van der Waals surface area contributed by atoms with E-state index in [4.69, 9.17) is 0 Å². The van der Waals surface area contributed by atoms with Crippen LogP contribution in [0.15, 0.2) is 79.0 Å². The van der Waals surface area contributed by atoms with Crippen molar-refractivity contribution in [3.05, 3.63) is 102 Å². The Bertz CT molecular complexity index is 1440. The van der Waals surface area contributed by atoms with Gasteiger partial charge >= 0.3 is 6.03 Å². The summed E-state index contributed by atoms with van der Waals surface area (Å²) in [4.78, 5) is 27.7. The zero-order chi connectivity index (χ0) is 24.4. The molecule has 1 aliphatic rings. The third-order valence-electron chi connectivity index (χ3n) is 5.25. The van der Waals surface area contributed by atoms with Crippen molar-refractivity contribution in [2.24, 2.45) is 0 Å². The molecular weight excluding hydrogens is 452 g/mol. The number of hydrogen-bond donors (Lipinski definition) is 5. The SMILES string of the molecule is O=C(Nc1cc(F)cc(F)c1)Nc1cccc(Nc2ccc3c(c2)NC(=O)/C3=C/c2ccc[nH]2)c1. The number of aromatic nitrogens is 1. The van der Waals surface area contributed by atoms with Crippen LogP contribution in [0.5, 0.6) is 0 Å². The molecule has 3 aromatic carbocycles. The van der Waals surface area contributed by atoms with Gasteiger partial charge in [0.05, 0.1) is 11.3 Å². The number of fused-ring (bicyclic) bond motifs is 1. The lowest BCUT2D eigenvalue weighted by molar-refractivity contribution is -0.110. The van der Waals surface area contributed by atoms with Crippen LogP contribution in [0.25, 0.3) is 11.6 Å². The average Bonchev–Trinajstić information content (AvgIpc) is 3.41. The Morgan fingerprint density at radius 2 is 1.54 bits per heavy atom. The summed E-state index contributed by atoms with van der Waals surface area (Å²) < 4.78 is 26.7. The van der Waals surface area contributed by atoms with Crippen LogP contribution in [0.2, 0.25) is 0 Å². The predicted octanol–water partition coefficient (Wildman–Crippen LogP) is 6.17. The highest BCUT2D eigenvalue weighted by Crippen LogP contribution is 2.35. The minimum Gasteiger partial charge on any atom is -0.362 e. The molecule has 174 valence electrons. The second-order valence-corrected chi connectivity index (χ2v) is 7.84. The van der Waals surface area contributed by atoms with Gasteiger partial charge in [-0.2, -0.15) is 0 Å². The fourth-order valence-electron chi connectivity index (χ4n) is 3.77. The third kappa shape index (κ3) is 5.03. The van der Waals surface area contributed by atoms with E-state index in [1.165, 1.54) is 0 Å². The van der Waals surface area contributed by atoms with Crippen LogP contribution in [0, 0.1) is 11.6 Å². The van der Waals surface area contributed by atoms with Crippen molar-refractivity contribution in [3.63, 3.8) is 0 Å². The first kappa shape index (κ1) is 21.9. The number of benzene rings is 3. The van der Waals surface area contributed by atoms with E-state index in [0.717, 1.165) is 35.1 Å². The van der Waals surface area contributed by atoms with Gasteiger partial charge in [0.2, 0.25) is 0 Å². The fraction of sp³-hybridized carbons (Fsp3) is 0. The zero-order valence-corrected chi connectivity index (χ0v) is 18.2. The molecule has 35 heavy (non-hydrogen) atoms. The molecule has 4 aromatic rings. The predicted molar refractivity (Wildman–Crippen MR) is 132 cm³/mol. The Morgan fingerprint density at radius 1 is 0.800 bits per heavy atom. The number of rotatable bonds is 5. The number of anilines is 5. The molecule has 0 unspecified atom stereocenters. The van der Waals surface area contributed by atoms with E-state index in [-0.39, 0.29) is 11.6 Å². The molecule has 1 aromatic heterocycles. The highest BCUT2D eigenvalue weighted by atomic mass is 19.1. The number of hydrogen-bond acceptors (Lipinski definition) is 3. The lowest BCUT2D eigenvalue weighted by atomic mass is 10.1. The standard InChI is InChI=1S/C26H19F2N5O2/c27-15-9-16(28)11-21(10-15)32-26(35)31-19-4-1-3-18(12-19)30-20-6-7-22-23(13-17-5-2-8-29-17)25(34)33-24(22)14-20/h1-14,29-30H,(H,33,34)(H2,31,32,35)/b23-13+. The Morgan fingerprint density at radius 3 is 2.31 bits per heavy atom. The molecule has 3 amide bonds. The van der Waals surface area contributed by atoms with Gasteiger partial charge in [-0.1, -0.05) is 12.1 Å². The largest absolute Gasteiger partial charge is 0.362 e. The molecule has 0 atom stereocenters. The summed E-state index contributed by atoms with van der Waals surface area (Å²) in [5.41, 5.74) is 4.79. The van der Waals surface area contributed by atoms with E-state index in [9.17, 15) is 18.4 Å². The monoisotopic (exact) mass is 471 g/mol. The molecule has 0 radical (unpaired) electrons. The van der Waals surface area contributed by atoms with Gasteiger partial charge in [0, 0.05) is 46.3 Å². The minimum absolute atomic E-state index is 0.000785. The van der Waals surface area contributed by atoms with E-state index in [2.05, 4.69) is 26.3 Å². The molecule has 5 rings (SSSR count). The van der Waals surface area contributed by atoms with Crippen molar-refractivity contribution in [2.45, 2.75) is 0 Å². The molecule has 0 bridgehead atoms. The first-order valence-electron chi connectivity index (χ1n) is 10.6. The maximum atomic E-state index is 13.3. The molecule has 9 heteroatoms. The second-order valence-electron chi connectivity index (χ2n) is 7.84. The Kier molecular flexibility index (Phi) is 5.72. The first-order valence-corrected chi connectivity index (χ1v) is 10.6. The zero-order valence-electron chi connectivity index (χ0n) is 18.2. The number of aromatic amines is 1. The molecule has 7 nitrogen and oxygen atoms in total. The van der Waals surface area contributed by atoms with Gasteiger partial charge in [-0.05, 0) is 60.7 Å². The normalized spacial score (nSPS) is 13.3. The maximum absolute atomic E-state index is 13.3. The van der Waals surface area contributed by atoms with Crippen molar-refractivity contribution in [1.82, 2.24) is 4.98 Å². The lowest BCUT2D eigenvalue weighted by Gasteiger charge is -2.11. The number of H-pyrrole nitrogens is 1. The first-order chi connectivity index (χ1) is 16.9. The number of halogens is 2. The third-order valence-corrected chi connectivity index (χ3v) is 5.25. The minimum atomic E-state index is -0.788. The van der Waals surface area contributed by atoms with E-state index in [0.29, 0.717) is 22.6 Å². The van der Waals surface area contributed by atoms with Gasteiger partial charge in [-0.15, -0.1) is 0 Å². The van der Waals surface area contributed by atoms with Gasteiger partial charge in [0.1, 0.15) is 11.6 Å². The van der Waals surface area contributed by atoms with E-state index >= 15 is 0 Å². The highest BCUT2D eigenvalue weighted by Gasteiger charge is 2.24. The number of urea groups is 1. The van der Waals surface area contributed by atoms with Gasteiger partial charge in [0.25, 0.3) is 5.91 Å². The second kappa shape index (κ2) is 9.14. The van der Waals surface area contributed by atoms with Crippen molar-refractivity contribution >= 4 is 52.0 Å². The van der Waals surface area contributed by atoms with Crippen LogP contribution in [0.1, 0.15) is 11.3 Å². The topological polar surface area (TPSA) is 98.0 Å². The van der Waals surface area contributed by atoms with Crippen LogP contribution in [-0.4, -0.2) is 16.9 Å². The Hall–Kier alpha value is -4.92. The molecule has 0 aliphatic carbocycles. The van der Waals surface area contributed by atoms with E-state index in [1.807, 2.05) is 36.4 Å². The number of nitrogens with one attached hydrogen (secondary N) is 5. The maximum Gasteiger partial charge on any atom is 0.323 e. The van der Waals surface area contributed by atoms with Crippen LogP contribution in [0.3, 0.4) is 0 Å². The van der Waals surface area contributed by atoms with Crippen molar-refractivity contribution < 1.29 is 18.4 Å². The molecule has 0 spiro atoms. The highest BCUT2D eigenvalue weighted by molar-refractivity contribution is 6.35. The summed E-state index contributed by atoms with van der Waals surface area (Å²) in [6.45, 7) is 0. The van der Waals surface area contributed by atoms with Gasteiger partial charge in [-0.25, -0.2) is 13.6 Å². The van der Waals surface area contributed by atoms with E-state index < -0.39 is 17.7 Å². The van der Waals surface area contributed by atoms with Gasteiger partial charge in [0.15, 0.2) is 0 Å². The summed E-state index contributed by atoms with van der Waals surface area (Å²) in [7, 11) is 0. The summed E-state index contributed by atoms with van der Waals surface area (Å²) in [6, 6.07) is 18.3. The average molecular weight is 471 g/mol. The lowest BCUT2D eigenvalue weighted by Crippen LogP contribution is -2.19. The smallest absolute Gasteiger partial charge is 0.323 e. The van der Waals surface area contributed by atoms with Gasteiger partial charge in [-0.3, -0.25) is 4.79 Å². The molecule has 5 N–H and O–H groups in total.